The molecule has 0 heterocycles. The van der Waals surface area contributed by atoms with Gasteiger partial charge in [-0.2, -0.15) is 0 Å². The Balaban J connectivity index is 2.40. The van der Waals surface area contributed by atoms with Gasteiger partial charge in [0.15, 0.2) is 5.78 Å². The van der Waals surface area contributed by atoms with E-state index in [4.69, 9.17) is 0 Å². The quantitative estimate of drug-likeness (QED) is 0.610. The summed E-state index contributed by atoms with van der Waals surface area (Å²) < 4.78 is 1.14. The third-order valence-electron chi connectivity index (χ3n) is 2.75. The minimum Gasteiger partial charge on any atom is -0.289 e. The van der Waals surface area contributed by atoms with Crippen LogP contribution in [0.1, 0.15) is 28.4 Å². The van der Waals surface area contributed by atoms with E-state index in [1.165, 1.54) is 0 Å². The normalized spacial score (nSPS) is 10.2. The second-order valence-corrected chi connectivity index (χ2v) is 5.09. The van der Waals surface area contributed by atoms with Gasteiger partial charge in [0, 0.05) is 14.7 Å². The fourth-order valence-electron chi connectivity index (χ4n) is 1.81. The number of hydrogen-bond donors (Lipinski definition) is 0. The van der Waals surface area contributed by atoms with E-state index in [0.29, 0.717) is 0 Å². The first-order chi connectivity index (χ1) is 8.22. The van der Waals surface area contributed by atoms with Crippen LogP contribution >= 0.6 is 22.6 Å². The number of aryl methyl sites for hydroxylation is 1. The van der Waals surface area contributed by atoms with Crippen molar-refractivity contribution < 1.29 is 4.79 Å². The summed E-state index contributed by atoms with van der Waals surface area (Å²) in [6.45, 7) is 2.07. The Hall–Kier alpha value is -1.16. The maximum atomic E-state index is 12.3. The fourth-order valence-corrected chi connectivity index (χ4v) is 2.17. The molecule has 0 saturated heterocycles. The Kier molecular flexibility index (Phi) is 3.94. The van der Waals surface area contributed by atoms with Crippen molar-refractivity contribution in [1.29, 1.82) is 0 Å². The predicted octanol–water partition coefficient (Wildman–Crippen LogP) is 4.08. The molecule has 0 fully saturated rings. The third kappa shape index (κ3) is 2.75. The van der Waals surface area contributed by atoms with Gasteiger partial charge in [-0.15, -0.1) is 0 Å². The summed E-state index contributed by atoms with van der Waals surface area (Å²) in [7, 11) is 0. The van der Waals surface area contributed by atoms with E-state index in [2.05, 4.69) is 29.5 Å². The molecule has 1 nitrogen and oxygen atoms in total. The van der Waals surface area contributed by atoms with Gasteiger partial charge in [0.1, 0.15) is 0 Å². The molecule has 0 unspecified atom stereocenters. The number of rotatable bonds is 3. The number of carbonyl (C=O) groups excluding carboxylic acids is 1. The summed E-state index contributed by atoms with van der Waals surface area (Å²) in [5.74, 6) is 0.110. The average molecular weight is 336 g/mol. The molecule has 86 valence electrons. The molecule has 17 heavy (non-hydrogen) atoms. The highest BCUT2D eigenvalue weighted by molar-refractivity contribution is 14.1. The number of halogens is 1. The molecule has 0 bridgehead atoms. The van der Waals surface area contributed by atoms with Gasteiger partial charge in [-0.05, 0) is 58.8 Å². The van der Waals surface area contributed by atoms with Crippen LogP contribution < -0.4 is 0 Å². The summed E-state index contributed by atoms with van der Waals surface area (Å²) in [5, 5.41) is 0. The van der Waals surface area contributed by atoms with Gasteiger partial charge in [-0.1, -0.05) is 31.2 Å². The van der Waals surface area contributed by atoms with Crippen molar-refractivity contribution in [3.63, 3.8) is 0 Å². The molecule has 2 heteroatoms. The lowest BCUT2D eigenvalue weighted by Gasteiger charge is -2.06. The Labute approximate surface area is 115 Å². The Bertz CT molecular complexity index is 529. The number of benzene rings is 2. The zero-order chi connectivity index (χ0) is 12.3. The maximum Gasteiger partial charge on any atom is 0.193 e. The van der Waals surface area contributed by atoms with E-state index >= 15 is 0 Å². The van der Waals surface area contributed by atoms with E-state index in [9.17, 15) is 4.79 Å². The van der Waals surface area contributed by atoms with Crippen LogP contribution in [0.25, 0.3) is 0 Å². The first-order valence-corrected chi connectivity index (χ1v) is 6.68. The summed E-state index contributed by atoms with van der Waals surface area (Å²) in [6.07, 6.45) is 0.881. The Morgan fingerprint density at radius 2 is 1.71 bits per heavy atom. The largest absolute Gasteiger partial charge is 0.289 e. The van der Waals surface area contributed by atoms with E-state index in [1.54, 1.807) is 0 Å². The van der Waals surface area contributed by atoms with Crippen LogP contribution in [0.4, 0.5) is 0 Å². The molecule has 0 aliphatic carbocycles. The van der Waals surface area contributed by atoms with Gasteiger partial charge in [0.2, 0.25) is 0 Å². The average Bonchev–Trinajstić information content (AvgIpc) is 2.39. The lowest BCUT2D eigenvalue weighted by Crippen LogP contribution is -2.04. The summed E-state index contributed by atoms with van der Waals surface area (Å²) in [5.41, 5.74) is 2.68. The van der Waals surface area contributed by atoms with Crippen LogP contribution in [0.3, 0.4) is 0 Å². The Morgan fingerprint density at radius 1 is 1.06 bits per heavy atom. The van der Waals surface area contributed by atoms with Gasteiger partial charge in [0.05, 0.1) is 0 Å². The van der Waals surface area contributed by atoms with Crippen molar-refractivity contribution in [1.82, 2.24) is 0 Å². The highest BCUT2D eigenvalue weighted by Gasteiger charge is 2.11. The standard InChI is InChI=1S/C15H13IO/c1-2-11-5-3-4-6-14(11)15(17)12-7-9-13(16)10-8-12/h3-10H,2H2,1H3. The van der Waals surface area contributed by atoms with Crippen LogP contribution in [-0.4, -0.2) is 5.78 Å². The summed E-state index contributed by atoms with van der Waals surface area (Å²) >= 11 is 2.24. The highest BCUT2D eigenvalue weighted by Crippen LogP contribution is 2.16. The van der Waals surface area contributed by atoms with Crippen molar-refractivity contribution >= 4 is 28.4 Å². The summed E-state index contributed by atoms with van der Waals surface area (Å²) in [4.78, 5) is 12.3. The first kappa shape index (κ1) is 12.3. The highest BCUT2D eigenvalue weighted by atomic mass is 127. The van der Waals surface area contributed by atoms with Crippen LogP contribution in [0.15, 0.2) is 48.5 Å². The topological polar surface area (TPSA) is 17.1 Å². The number of hydrogen-bond acceptors (Lipinski definition) is 1. The van der Waals surface area contributed by atoms with Crippen molar-refractivity contribution in [2.75, 3.05) is 0 Å². The van der Waals surface area contributed by atoms with Crippen molar-refractivity contribution in [3.8, 4) is 0 Å². The zero-order valence-corrected chi connectivity index (χ0v) is 11.8. The first-order valence-electron chi connectivity index (χ1n) is 5.60. The minimum atomic E-state index is 0.110. The molecule has 0 aromatic heterocycles. The fraction of sp³-hybridized carbons (Fsp3) is 0.133. The van der Waals surface area contributed by atoms with Gasteiger partial charge < -0.3 is 0 Å². The zero-order valence-electron chi connectivity index (χ0n) is 9.61. The molecular weight excluding hydrogens is 323 g/mol. The lowest BCUT2D eigenvalue weighted by molar-refractivity contribution is 0.103. The molecule has 0 spiro atoms. The van der Waals surface area contributed by atoms with Gasteiger partial charge >= 0.3 is 0 Å². The van der Waals surface area contributed by atoms with Crippen LogP contribution in [0.5, 0.6) is 0 Å². The molecule has 0 atom stereocenters. The van der Waals surface area contributed by atoms with E-state index in [0.717, 1.165) is 26.7 Å². The molecule has 0 amide bonds. The monoisotopic (exact) mass is 336 g/mol. The Morgan fingerprint density at radius 3 is 2.35 bits per heavy atom. The molecule has 0 aliphatic rings. The van der Waals surface area contributed by atoms with Crippen LogP contribution in [-0.2, 0) is 6.42 Å². The molecule has 0 radical (unpaired) electrons. The van der Waals surface area contributed by atoms with Crippen molar-refractivity contribution in [2.24, 2.45) is 0 Å². The molecule has 2 aromatic rings. The summed E-state index contributed by atoms with van der Waals surface area (Å²) in [6, 6.07) is 15.5. The van der Waals surface area contributed by atoms with E-state index in [-0.39, 0.29) is 5.78 Å². The van der Waals surface area contributed by atoms with E-state index < -0.39 is 0 Å². The second-order valence-electron chi connectivity index (χ2n) is 3.85. The minimum absolute atomic E-state index is 0.110. The second kappa shape index (κ2) is 5.45. The van der Waals surface area contributed by atoms with Crippen LogP contribution in [0.2, 0.25) is 0 Å². The SMILES string of the molecule is CCc1ccccc1C(=O)c1ccc(I)cc1. The number of ketones is 1. The lowest BCUT2D eigenvalue weighted by atomic mass is 9.97. The predicted molar refractivity (Wildman–Crippen MR) is 78.4 cm³/mol. The van der Waals surface area contributed by atoms with Crippen LogP contribution in [0, 0.1) is 3.57 Å². The molecular formula is C15H13IO. The maximum absolute atomic E-state index is 12.3. The van der Waals surface area contributed by atoms with Gasteiger partial charge in [-0.25, -0.2) is 0 Å². The third-order valence-corrected chi connectivity index (χ3v) is 3.47. The van der Waals surface area contributed by atoms with E-state index in [1.807, 2.05) is 48.5 Å². The van der Waals surface area contributed by atoms with Crippen molar-refractivity contribution in [2.45, 2.75) is 13.3 Å². The smallest absolute Gasteiger partial charge is 0.193 e. The van der Waals surface area contributed by atoms with Gasteiger partial charge in [-0.3, -0.25) is 4.79 Å². The molecule has 0 aliphatic heterocycles. The molecule has 0 saturated carbocycles. The number of carbonyl (C=O) groups is 1. The molecule has 2 aromatic carbocycles. The van der Waals surface area contributed by atoms with Gasteiger partial charge in [0.25, 0.3) is 0 Å². The molecule has 0 N–H and O–H groups in total. The molecule has 2 rings (SSSR count). The van der Waals surface area contributed by atoms with Crippen molar-refractivity contribution in [3.05, 3.63) is 68.8 Å².